The molecule has 0 aliphatic carbocycles. The van der Waals surface area contributed by atoms with Crippen molar-refractivity contribution in [3.8, 4) is 0 Å². The van der Waals surface area contributed by atoms with Crippen LogP contribution in [-0.4, -0.2) is 47.0 Å². The zero-order valence-corrected chi connectivity index (χ0v) is 17.1. The van der Waals surface area contributed by atoms with Gasteiger partial charge in [-0.25, -0.2) is 9.18 Å². The first-order valence-corrected chi connectivity index (χ1v) is 10.3. The van der Waals surface area contributed by atoms with Crippen molar-refractivity contribution in [2.75, 3.05) is 13.2 Å². The van der Waals surface area contributed by atoms with Crippen LogP contribution in [-0.2, 0) is 28.7 Å². The van der Waals surface area contributed by atoms with Crippen LogP contribution in [0.25, 0.3) is 0 Å². The van der Waals surface area contributed by atoms with Crippen molar-refractivity contribution < 1.29 is 36.9 Å². The highest BCUT2D eigenvalue weighted by atomic mass is 19.4. The molecule has 172 valence electrons. The van der Waals surface area contributed by atoms with E-state index >= 15 is 0 Å². The van der Waals surface area contributed by atoms with Crippen LogP contribution in [0, 0.1) is 5.82 Å². The molecule has 5 nitrogen and oxygen atoms in total. The van der Waals surface area contributed by atoms with E-state index in [1.165, 1.54) is 6.07 Å². The lowest BCUT2D eigenvalue weighted by molar-refractivity contribution is -0.140. The predicted molar refractivity (Wildman–Crippen MR) is 106 cm³/mol. The number of nitrogens with zero attached hydrogens (tertiary/aromatic N) is 1. The van der Waals surface area contributed by atoms with Gasteiger partial charge in [-0.2, -0.15) is 13.2 Å². The van der Waals surface area contributed by atoms with Crippen LogP contribution < -0.4 is 0 Å². The van der Waals surface area contributed by atoms with E-state index in [9.17, 15) is 27.5 Å². The molecule has 0 radical (unpaired) electrons. The molecule has 1 N–H and O–H groups in total. The van der Waals surface area contributed by atoms with Gasteiger partial charge in [0.15, 0.2) is 0 Å². The third-order valence-electron chi connectivity index (χ3n) is 5.92. The summed E-state index contributed by atoms with van der Waals surface area (Å²) in [4.78, 5) is 14.3. The van der Waals surface area contributed by atoms with Gasteiger partial charge in [-0.15, -0.1) is 0 Å². The minimum atomic E-state index is -4.82. The number of hydrogen-bond donors (Lipinski definition) is 1. The lowest BCUT2D eigenvalue weighted by atomic mass is 9.77. The molecule has 2 aromatic rings. The van der Waals surface area contributed by atoms with Gasteiger partial charge in [0.1, 0.15) is 12.4 Å². The number of fused-ring (bicyclic) bond motifs is 2. The van der Waals surface area contributed by atoms with Crippen molar-refractivity contribution in [3.63, 3.8) is 0 Å². The maximum absolute atomic E-state index is 13.6. The highest BCUT2D eigenvalue weighted by Crippen LogP contribution is 2.38. The van der Waals surface area contributed by atoms with Gasteiger partial charge >= 0.3 is 12.3 Å². The largest absolute Gasteiger partial charge is 0.445 e. The van der Waals surface area contributed by atoms with Crippen LogP contribution >= 0.6 is 0 Å². The third kappa shape index (κ3) is 4.88. The fourth-order valence-electron chi connectivity index (χ4n) is 4.59. The normalized spacial score (nSPS) is 25.5. The molecule has 2 fully saturated rings. The summed E-state index contributed by atoms with van der Waals surface area (Å²) in [6.45, 7) is 0.490. The lowest BCUT2D eigenvalue weighted by Crippen LogP contribution is -2.64. The summed E-state index contributed by atoms with van der Waals surface area (Å²) in [6, 6.07) is 11.0. The number of benzene rings is 2. The number of piperidine rings is 1. The molecule has 2 aliphatic rings. The number of morpholine rings is 1. The Morgan fingerprint density at radius 3 is 2.38 bits per heavy atom. The van der Waals surface area contributed by atoms with E-state index in [0.29, 0.717) is 0 Å². The monoisotopic (exact) mass is 453 g/mol. The topological polar surface area (TPSA) is 59.0 Å². The van der Waals surface area contributed by atoms with Crippen LogP contribution in [0.4, 0.5) is 22.4 Å². The van der Waals surface area contributed by atoms with E-state index in [-0.39, 0.29) is 44.6 Å². The molecule has 2 aromatic carbocycles. The first kappa shape index (κ1) is 22.5. The average molecular weight is 453 g/mol. The molecule has 2 aliphatic heterocycles. The molecule has 1 amide bonds. The summed E-state index contributed by atoms with van der Waals surface area (Å²) in [5.74, 6) is -1.35. The highest BCUT2D eigenvalue weighted by molar-refractivity contribution is 5.69. The molecule has 0 saturated carbocycles. The van der Waals surface area contributed by atoms with Crippen LogP contribution in [0.5, 0.6) is 0 Å². The number of rotatable bonds is 4. The maximum atomic E-state index is 13.6. The Balaban J connectivity index is 1.46. The molecular formula is C23H23F4NO4. The Morgan fingerprint density at radius 2 is 1.75 bits per heavy atom. The Morgan fingerprint density at radius 1 is 1.09 bits per heavy atom. The third-order valence-corrected chi connectivity index (χ3v) is 5.92. The van der Waals surface area contributed by atoms with Crippen molar-refractivity contribution in [2.45, 2.75) is 49.7 Å². The average Bonchev–Trinajstić information content (AvgIpc) is 2.72. The quantitative estimate of drug-likeness (QED) is 0.701. The minimum absolute atomic E-state index is 0.0870. The van der Waals surface area contributed by atoms with Gasteiger partial charge in [-0.05, 0) is 36.1 Å². The van der Waals surface area contributed by atoms with E-state index < -0.39 is 41.3 Å². The second-order valence-corrected chi connectivity index (χ2v) is 8.41. The van der Waals surface area contributed by atoms with Crippen LogP contribution in [0.15, 0.2) is 48.5 Å². The van der Waals surface area contributed by atoms with Gasteiger partial charge in [0.2, 0.25) is 0 Å². The van der Waals surface area contributed by atoms with Crippen molar-refractivity contribution in [1.82, 2.24) is 4.90 Å². The molecule has 2 unspecified atom stereocenters. The number of hydrogen-bond acceptors (Lipinski definition) is 4. The first-order chi connectivity index (χ1) is 15.1. The van der Waals surface area contributed by atoms with Crippen molar-refractivity contribution in [1.29, 1.82) is 0 Å². The summed E-state index contributed by atoms with van der Waals surface area (Å²) < 4.78 is 63.7. The number of aliphatic hydroxyl groups is 1. The van der Waals surface area contributed by atoms with E-state index in [1.807, 2.05) is 30.3 Å². The SMILES string of the molecule is O=C(OCc1ccccc1)N1C2COCC1CC(O)(Cc1ccc(F)c(C(F)(F)F)c1)C2. The lowest BCUT2D eigenvalue weighted by Gasteiger charge is -2.51. The Kier molecular flexibility index (Phi) is 6.13. The second-order valence-electron chi connectivity index (χ2n) is 8.41. The van der Waals surface area contributed by atoms with Crippen LogP contribution in [0.2, 0.25) is 0 Å². The van der Waals surface area contributed by atoms with Crippen LogP contribution in [0.1, 0.15) is 29.5 Å². The van der Waals surface area contributed by atoms with E-state index in [1.54, 1.807) is 4.90 Å². The first-order valence-electron chi connectivity index (χ1n) is 10.3. The van der Waals surface area contributed by atoms with Gasteiger partial charge in [-0.1, -0.05) is 36.4 Å². The molecule has 2 atom stereocenters. The number of amides is 1. The van der Waals surface area contributed by atoms with Crippen molar-refractivity contribution in [3.05, 3.63) is 71.0 Å². The van der Waals surface area contributed by atoms with E-state index in [2.05, 4.69) is 0 Å². The molecule has 2 heterocycles. The van der Waals surface area contributed by atoms with Crippen molar-refractivity contribution >= 4 is 6.09 Å². The zero-order valence-electron chi connectivity index (χ0n) is 17.1. The van der Waals surface area contributed by atoms with E-state index in [0.717, 1.165) is 17.7 Å². The summed E-state index contributed by atoms with van der Waals surface area (Å²) in [7, 11) is 0. The molecule has 2 bridgehead atoms. The van der Waals surface area contributed by atoms with Gasteiger partial charge in [0.25, 0.3) is 0 Å². The Hall–Kier alpha value is -2.65. The second kappa shape index (κ2) is 8.71. The fraction of sp³-hybridized carbons (Fsp3) is 0.435. The zero-order chi connectivity index (χ0) is 22.9. The number of halogens is 4. The number of carbonyl (C=O) groups is 1. The summed E-state index contributed by atoms with van der Waals surface area (Å²) in [6.07, 6.45) is -5.20. The van der Waals surface area contributed by atoms with Crippen molar-refractivity contribution in [2.24, 2.45) is 0 Å². The van der Waals surface area contributed by atoms with Gasteiger partial charge < -0.3 is 14.6 Å². The van der Waals surface area contributed by atoms with Gasteiger partial charge in [0, 0.05) is 6.42 Å². The maximum Gasteiger partial charge on any atom is 0.419 e. The molecular weight excluding hydrogens is 430 g/mol. The van der Waals surface area contributed by atoms with Crippen LogP contribution in [0.3, 0.4) is 0 Å². The fourth-order valence-corrected chi connectivity index (χ4v) is 4.59. The number of carbonyl (C=O) groups excluding carboxylic acids is 1. The standard InChI is InChI=1S/C23H23F4NO4/c24-20-7-6-16(8-19(20)23(25,26)27)9-22(30)10-17-13-31-14-18(11-22)28(17)21(29)32-12-15-4-2-1-3-5-15/h1-8,17-18,30H,9-14H2. The molecule has 0 spiro atoms. The molecule has 0 aromatic heterocycles. The van der Waals surface area contributed by atoms with Gasteiger partial charge in [-0.3, -0.25) is 4.90 Å². The van der Waals surface area contributed by atoms with Gasteiger partial charge in [0.05, 0.1) is 36.5 Å². The summed E-state index contributed by atoms with van der Waals surface area (Å²) in [5.41, 5.74) is -1.69. The number of ether oxygens (including phenoxy) is 2. The molecule has 2 saturated heterocycles. The van der Waals surface area contributed by atoms with E-state index in [4.69, 9.17) is 9.47 Å². The minimum Gasteiger partial charge on any atom is -0.445 e. The smallest absolute Gasteiger partial charge is 0.419 e. The Bertz CT molecular complexity index is 952. The number of alkyl halides is 3. The highest BCUT2D eigenvalue weighted by Gasteiger charge is 2.48. The molecule has 9 heteroatoms. The summed E-state index contributed by atoms with van der Waals surface area (Å²) in [5, 5.41) is 11.2. The molecule has 32 heavy (non-hydrogen) atoms. The predicted octanol–water partition coefficient (Wildman–Crippen LogP) is 4.32. The molecule has 4 rings (SSSR count). The summed E-state index contributed by atoms with van der Waals surface area (Å²) >= 11 is 0. The Labute approximate surface area is 182 Å².